The quantitative estimate of drug-likeness (QED) is 0.252. The van der Waals surface area contributed by atoms with E-state index >= 15 is 0 Å². The first-order valence-corrected chi connectivity index (χ1v) is 13.5. The zero-order valence-corrected chi connectivity index (χ0v) is 23.4. The second kappa shape index (κ2) is 13.7. The van der Waals surface area contributed by atoms with E-state index in [0.29, 0.717) is 19.1 Å². The summed E-state index contributed by atoms with van der Waals surface area (Å²) in [6, 6.07) is 21.7. The number of aryl methyl sites for hydroxylation is 2. The van der Waals surface area contributed by atoms with Crippen molar-refractivity contribution in [3.05, 3.63) is 95.1 Å². The first kappa shape index (κ1) is 29.6. The number of nitrogens with one attached hydrogen (secondary N) is 1. The number of hydrogen-bond donors (Lipinski definition) is 3. The van der Waals surface area contributed by atoms with Crippen molar-refractivity contribution in [2.75, 3.05) is 13.2 Å². The summed E-state index contributed by atoms with van der Waals surface area (Å²) in [6.45, 7) is 11.2. The SMILES string of the molecule is C/C=C/C(=O)O.Cc1ccc(C(OC[C@H](O)CNC(C)(C)Cc2ccc3ccccc3c2)C2CC2)cc1C. The van der Waals surface area contributed by atoms with Crippen molar-refractivity contribution >= 4 is 16.7 Å². The molecule has 1 unspecified atom stereocenters. The predicted molar refractivity (Wildman–Crippen MR) is 156 cm³/mol. The number of carbonyl (C=O) groups is 1. The Hall–Kier alpha value is -2.99. The van der Waals surface area contributed by atoms with Gasteiger partial charge in [-0.15, -0.1) is 0 Å². The Morgan fingerprint density at radius 3 is 2.37 bits per heavy atom. The zero-order chi connectivity index (χ0) is 27.7. The highest BCUT2D eigenvalue weighted by Gasteiger charge is 2.33. The monoisotopic (exact) mass is 517 g/mol. The fraction of sp³-hybridized carbons (Fsp3) is 0.424. The molecule has 0 saturated heterocycles. The van der Waals surface area contributed by atoms with Crippen LogP contribution >= 0.6 is 0 Å². The minimum atomic E-state index is -0.891. The highest BCUT2D eigenvalue weighted by atomic mass is 16.5. The van der Waals surface area contributed by atoms with E-state index in [9.17, 15) is 9.90 Å². The van der Waals surface area contributed by atoms with E-state index in [-0.39, 0.29) is 11.6 Å². The molecule has 3 aromatic carbocycles. The maximum atomic E-state index is 10.6. The van der Waals surface area contributed by atoms with E-state index in [1.165, 1.54) is 51.9 Å². The molecule has 0 spiro atoms. The molecule has 3 aromatic rings. The van der Waals surface area contributed by atoms with Crippen LogP contribution in [0.5, 0.6) is 0 Å². The van der Waals surface area contributed by atoms with E-state index in [0.717, 1.165) is 12.5 Å². The van der Waals surface area contributed by atoms with Crippen molar-refractivity contribution in [3.8, 4) is 0 Å². The molecule has 1 aliphatic rings. The highest BCUT2D eigenvalue weighted by molar-refractivity contribution is 5.83. The van der Waals surface area contributed by atoms with E-state index in [4.69, 9.17) is 9.84 Å². The third kappa shape index (κ3) is 9.39. The number of aliphatic carboxylic acids is 1. The summed E-state index contributed by atoms with van der Waals surface area (Å²) in [5.41, 5.74) is 5.03. The van der Waals surface area contributed by atoms with Gasteiger partial charge in [-0.2, -0.15) is 0 Å². The van der Waals surface area contributed by atoms with Crippen molar-refractivity contribution < 1.29 is 19.7 Å². The van der Waals surface area contributed by atoms with Crippen LogP contribution < -0.4 is 5.32 Å². The van der Waals surface area contributed by atoms with E-state index in [1.807, 2.05) is 0 Å². The second-order valence-corrected chi connectivity index (χ2v) is 11.1. The first-order chi connectivity index (χ1) is 18.1. The number of allylic oxidation sites excluding steroid dienone is 1. The number of rotatable bonds is 11. The lowest BCUT2D eigenvalue weighted by molar-refractivity contribution is -0.131. The Labute approximate surface area is 227 Å². The minimum Gasteiger partial charge on any atom is -0.478 e. The molecule has 0 bridgehead atoms. The number of aliphatic hydroxyl groups is 1. The number of β-amino-alcohol motifs (C(OH)–C–C–N with tert-alkyl or cyclic N) is 1. The molecule has 0 aromatic heterocycles. The summed E-state index contributed by atoms with van der Waals surface area (Å²) in [7, 11) is 0. The molecule has 5 nitrogen and oxygen atoms in total. The lowest BCUT2D eigenvalue weighted by Crippen LogP contribution is -2.46. The Kier molecular flexibility index (Phi) is 10.7. The van der Waals surface area contributed by atoms with Crippen LogP contribution in [0.3, 0.4) is 0 Å². The van der Waals surface area contributed by atoms with Crippen molar-refractivity contribution in [1.82, 2.24) is 5.32 Å². The minimum absolute atomic E-state index is 0.0922. The summed E-state index contributed by atoms with van der Waals surface area (Å²) < 4.78 is 6.25. The van der Waals surface area contributed by atoms with Crippen LogP contribution in [-0.2, 0) is 16.0 Å². The topological polar surface area (TPSA) is 78.8 Å². The molecule has 3 N–H and O–H groups in total. The highest BCUT2D eigenvalue weighted by Crippen LogP contribution is 2.43. The van der Waals surface area contributed by atoms with Crippen molar-refractivity contribution in [2.45, 2.75) is 71.6 Å². The standard InChI is InChI=1S/C29H37NO2.C4H6O2/c1-20-9-11-26(15-21(20)2)28(24-13-14-24)32-19-27(31)18-30-29(3,4)17-22-10-12-23-7-5-6-8-25(23)16-22;1-2-3-4(5)6/h5-12,15-16,24,27-28,30-31H,13-14,17-19H2,1-4H3;2-3H,1H3,(H,5,6)/b;3-2+/t27-,28?;/m1./s1. The average Bonchev–Trinajstić information content (AvgIpc) is 3.70. The van der Waals surface area contributed by atoms with Crippen LogP contribution in [0.4, 0.5) is 0 Å². The molecule has 0 amide bonds. The van der Waals surface area contributed by atoms with Gasteiger partial charge in [-0.3, -0.25) is 0 Å². The maximum Gasteiger partial charge on any atom is 0.327 e. The molecule has 1 aliphatic carbocycles. The molecule has 1 fully saturated rings. The number of ether oxygens (including phenoxy) is 1. The summed E-state index contributed by atoms with van der Waals surface area (Å²) in [4.78, 5) is 9.51. The van der Waals surface area contributed by atoms with Gasteiger partial charge in [0.25, 0.3) is 0 Å². The Balaban J connectivity index is 0.000000599. The van der Waals surface area contributed by atoms with E-state index < -0.39 is 12.1 Å². The van der Waals surface area contributed by atoms with Gasteiger partial charge in [0.2, 0.25) is 0 Å². The van der Waals surface area contributed by atoms with Crippen LogP contribution in [0.2, 0.25) is 0 Å². The molecule has 0 aliphatic heterocycles. The normalized spacial score (nSPS) is 15.2. The molecule has 1 saturated carbocycles. The lowest BCUT2D eigenvalue weighted by atomic mass is 9.93. The summed E-state index contributed by atoms with van der Waals surface area (Å²) in [5.74, 6) is -0.306. The molecule has 204 valence electrons. The van der Waals surface area contributed by atoms with Gasteiger partial charge in [-0.1, -0.05) is 66.7 Å². The molecule has 5 heteroatoms. The third-order valence-electron chi connectivity index (χ3n) is 6.96. The molecule has 0 radical (unpaired) electrons. The van der Waals surface area contributed by atoms with Gasteiger partial charge < -0.3 is 20.3 Å². The molecular formula is C33H43NO4. The van der Waals surface area contributed by atoms with Crippen LogP contribution in [0.25, 0.3) is 10.8 Å². The number of benzene rings is 3. The summed E-state index contributed by atoms with van der Waals surface area (Å²) in [6.07, 6.45) is 5.45. The Bertz CT molecular complexity index is 1230. The van der Waals surface area contributed by atoms with Gasteiger partial charge in [0, 0.05) is 18.2 Å². The zero-order valence-electron chi connectivity index (χ0n) is 23.4. The van der Waals surface area contributed by atoms with Gasteiger partial charge in [-0.05, 0) is 92.8 Å². The summed E-state index contributed by atoms with van der Waals surface area (Å²) in [5, 5.41) is 24.5. The van der Waals surface area contributed by atoms with Gasteiger partial charge >= 0.3 is 5.97 Å². The van der Waals surface area contributed by atoms with Gasteiger partial charge in [0.05, 0.1) is 18.8 Å². The molecule has 38 heavy (non-hydrogen) atoms. The molecule has 0 heterocycles. The average molecular weight is 518 g/mol. The lowest BCUT2D eigenvalue weighted by Gasteiger charge is -2.29. The van der Waals surface area contributed by atoms with Gasteiger partial charge in [0.1, 0.15) is 0 Å². The van der Waals surface area contributed by atoms with Crippen molar-refractivity contribution in [3.63, 3.8) is 0 Å². The van der Waals surface area contributed by atoms with Crippen LogP contribution in [0, 0.1) is 19.8 Å². The van der Waals surface area contributed by atoms with Crippen LogP contribution in [0.15, 0.2) is 72.8 Å². The van der Waals surface area contributed by atoms with Gasteiger partial charge in [-0.25, -0.2) is 4.79 Å². The molecule has 2 atom stereocenters. The van der Waals surface area contributed by atoms with Crippen molar-refractivity contribution in [1.29, 1.82) is 0 Å². The Morgan fingerprint density at radius 1 is 1.05 bits per heavy atom. The number of carboxylic acid groups (broad SMARTS) is 1. The number of hydrogen-bond acceptors (Lipinski definition) is 4. The smallest absolute Gasteiger partial charge is 0.327 e. The van der Waals surface area contributed by atoms with Crippen molar-refractivity contribution in [2.24, 2.45) is 5.92 Å². The first-order valence-electron chi connectivity index (χ1n) is 13.5. The Morgan fingerprint density at radius 2 is 1.76 bits per heavy atom. The fourth-order valence-electron chi connectivity index (χ4n) is 4.58. The van der Waals surface area contributed by atoms with E-state index in [1.54, 1.807) is 6.92 Å². The van der Waals surface area contributed by atoms with Crippen LogP contribution in [0.1, 0.15) is 62.0 Å². The molecule has 4 rings (SSSR count). The number of fused-ring (bicyclic) bond motifs is 1. The maximum absolute atomic E-state index is 10.6. The molecular weight excluding hydrogens is 474 g/mol. The third-order valence-corrected chi connectivity index (χ3v) is 6.96. The fourth-order valence-corrected chi connectivity index (χ4v) is 4.58. The predicted octanol–water partition coefficient (Wildman–Crippen LogP) is 6.54. The second-order valence-electron chi connectivity index (χ2n) is 11.1. The summed E-state index contributed by atoms with van der Waals surface area (Å²) >= 11 is 0. The van der Waals surface area contributed by atoms with Gasteiger partial charge in [0.15, 0.2) is 0 Å². The largest absolute Gasteiger partial charge is 0.478 e. The van der Waals surface area contributed by atoms with Crippen LogP contribution in [-0.4, -0.2) is 41.0 Å². The number of aliphatic hydroxyl groups excluding tert-OH is 1. The van der Waals surface area contributed by atoms with E-state index in [2.05, 4.69) is 93.7 Å². The number of carboxylic acids is 1.